The van der Waals surface area contributed by atoms with E-state index in [4.69, 9.17) is 23.2 Å². The lowest BCUT2D eigenvalue weighted by Crippen LogP contribution is -1.97. The molecule has 0 aliphatic rings. The molecule has 0 fully saturated rings. The Balaban J connectivity index is 1.70. The molecule has 0 saturated heterocycles. The van der Waals surface area contributed by atoms with Crippen molar-refractivity contribution in [2.45, 2.75) is 17.1 Å². The van der Waals surface area contributed by atoms with Gasteiger partial charge >= 0.3 is 0 Å². The Morgan fingerprint density at radius 2 is 1.65 bits per heavy atom. The van der Waals surface area contributed by atoms with Gasteiger partial charge in [-0.05, 0) is 17.7 Å². The quantitative estimate of drug-likeness (QED) is 0.245. The van der Waals surface area contributed by atoms with Crippen molar-refractivity contribution in [2.24, 2.45) is 0 Å². The number of thioether (sulfide) groups is 1. The SMILES string of the molecule is Fc1cc(F)c(F)c(SCc2csc(Cc3ccc(Cl)c(Cl)c3)n2)c1F. The van der Waals surface area contributed by atoms with Gasteiger partial charge < -0.3 is 0 Å². The van der Waals surface area contributed by atoms with Gasteiger partial charge in [-0.2, -0.15) is 0 Å². The summed E-state index contributed by atoms with van der Waals surface area (Å²) in [4.78, 5) is 3.67. The van der Waals surface area contributed by atoms with Crippen LogP contribution < -0.4 is 0 Å². The lowest BCUT2D eigenvalue weighted by atomic mass is 10.2. The average Bonchev–Trinajstić information content (AvgIpc) is 3.04. The maximum atomic E-state index is 13.7. The normalized spacial score (nSPS) is 11.2. The van der Waals surface area contributed by atoms with Crippen molar-refractivity contribution in [3.63, 3.8) is 0 Å². The van der Waals surface area contributed by atoms with Crippen LogP contribution in [-0.2, 0) is 12.2 Å². The average molecular weight is 438 g/mol. The first-order chi connectivity index (χ1) is 12.3. The minimum absolute atomic E-state index is 0.0780. The maximum Gasteiger partial charge on any atom is 0.175 e. The van der Waals surface area contributed by atoms with Crippen molar-refractivity contribution >= 4 is 46.3 Å². The minimum atomic E-state index is -1.43. The van der Waals surface area contributed by atoms with Crippen LogP contribution in [0.4, 0.5) is 17.6 Å². The Morgan fingerprint density at radius 1 is 0.962 bits per heavy atom. The van der Waals surface area contributed by atoms with Gasteiger partial charge in [-0.3, -0.25) is 0 Å². The Kier molecular flexibility index (Phi) is 6.12. The van der Waals surface area contributed by atoms with Crippen LogP contribution >= 0.6 is 46.3 Å². The molecule has 1 heterocycles. The minimum Gasteiger partial charge on any atom is -0.245 e. The molecule has 0 atom stereocenters. The van der Waals surface area contributed by atoms with Crippen LogP contribution in [0.3, 0.4) is 0 Å². The first-order valence-electron chi connectivity index (χ1n) is 7.18. The van der Waals surface area contributed by atoms with Crippen LogP contribution in [0.25, 0.3) is 0 Å². The molecule has 3 aromatic rings. The van der Waals surface area contributed by atoms with Gasteiger partial charge in [0.15, 0.2) is 23.3 Å². The number of rotatable bonds is 5. The van der Waals surface area contributed by atoms with E-state index in [0.717, 1.165) is 10.6 Å². The summed E-state index contributed by atoms with van der Waals surface area (Å²) < 4.78 is 53.8. The summed E-state index contributed by atoms with van der Waals surface area (Å²) in [6.07, 6.45) is 0.517. The molecule has 0 unspecified atom stereocenters. The zero-order chi connectivity index (χ0) is 18.8. The van der Waals surface area contributed by atoms with E-state index in [0.29, 0.717) is 33.9 Å². The molecule has 0 amide bonds. The molecule has 3 rings (SSSR count). The molecule has 26 heavy (non-hydrogen) atoms. The number of halogens is 6. The number of hydrogen-bond acceptors (Lipinski definition) is 3. The summed E-state index contributed by atoms with van der Waals surface area (Å²) in [5.41, 5.74) is 1.47. The van der Waals surface area contributed by atoms with Crippen LogP contribution in [0.1, 0.15) is 16.3 Å². The zero-order valence-corrected chi connectivity index (χ0v) is 16.0. The Morgan fingerprint density at radius 3 is 2.31 bits per heavy atom. The highest BCUT2D eigenvalue weighted by molar-refractivity contribution is 7.98. The zero-order valence-electron chi connectivity index (χ0n) is 12.8. The van der Waals surface area contributed by atoms with E-state index in [-0.39, 0.29) is 11.8 Å². The van der Waals surface area contributed by atoms with E-state index in [2.05, 4.69) is 4.98 Å². The van der Waals surface area contributed by atoms with Gasteiger partial charge in [0.1, 0.15) is 0 Å². The molecular formula is C17H9Cl2F4NS2. The second-order valence-corrected chi connectivity index (χ2v) is 7.99. The van der Waals surface area contributed by atoms with Gasteiger partial charge in [-0.15, -0.1) is 23.1 Å². The Hall–Kier alpha value is -1.28. The fourth-order valence-electron chi connectivity index (χ4n) is 2.14. The first kappa shape index (κ1) is 19.5. The predicted molar refractivity (Wildman–Crippen MR) is 97.2 cm³/mol. The molecule has 0 N–H and O–H groups in total. The fraction of sp³-hybridized carbons (Fsp3) is 0.118. The molecule has 1 aromatic heterocycles. The number of hydrogen-bond donors (Lipinski definition) is 0. The van der Waals surface area contributed by atoms with Gasteiger partial charge in [0.2, 0.25) is 0 Å². The molecule has 0 radical (unpaired) electrons. The van der Waals surface area contributed by atoms with Gasteiger partial charge in [0.05, 0.1) is 25.6 Å². The summed E-state index contributed by atoms with van der Waals surface area (Å²) in [5, 5.41) is 3.39. The summed E-state index contributed by atoms with van der Waals surface area (Å²) in [6, 6.07) is 5.44. The van der Waals surface area contributed by atoms with Gasteiger partial charge in [0, 0.05) is 23.6 Å². The third-order valence-electron chi connectivity index (χ3n) is 3.37. The molecule has 9 heteroatoms. The van der Waals surface area contributed by atoms with E-state index in [1.165, 1.54) is 11.3 Å². The molecule has 0 saturated carbocycles. The molecule has 0 spiro atoms. The van der Waals surface area contributed by atoms with Crippen LogP contribution in [0, 0.1) is 23.3 Å². The maximum absolute atomic E-state index is 13.7. The standard InChI is InChI=1S/C17H9Cl2F4NS2/c18-10-2-1-8(3-11(10)19)4-14-24-9(6-25-14)7-26-17-15(22)12(20)5-13(21)16(17)23/h1-3,5-6H,4,7H2. The van der Waals surface area contributed by atoms with E-state index >= 15 is 0 Å². The predicted octanol–water partition coefficient (Wildman–Crippen LogP) is 6.89. The lowest BCUT2D eigenvalue weighted by Gasteiger charge is -2.05. The van der Waals surface area contributed by atoms with Crippen molar-refractivity contribution in [3.05, 3.63) is 79.2 Å². The molecule has 2 aromatic carbocycles. The smallest absolute Gasteiger partial charge is 0.175 e. The largest absolute Gasteiger partial charge is 0.245 e. The van der Waals surface area contributed by atoms with Crippen LogP contribution in [0.5, 0.6) is 0 Å². The second kappa shape index (κ2) is 8.17. The third-order valence-corrected chi connectivity index (χ3v) is 6.10. The van der Waals surface area contributed by atoms with Crippen LogP contribution in [0.15, 0.2) is 34.5 Å². The molecule has 0 bridgehead atoms. The van der Waals surface area contributed by atoms with Crippen molar-refractivity contribution in [1.29, 1.82) is 0 Å². The summed E-state index contributed by atoms with van der Waals surface area (Å²) in [7, 11) is 0. The topological polar surface area (TPSA) is 12.9 Å². The summed E-state index contributed by atoms with van der Waals surface area (Å²) >= 11 is 13.9. The first-order valence-corrected chi connectivity index (χ1v) is 9.80. The number of benzene rings is 2. The van der Waals surface area contributed by atoms with E-state index in [9.17, 15) is 17.6 Å². The summed E-state index contributed by atoms with van der Waals surface area (Å²) in [6.45, 7) is 0. The van der Waals surface area contributed by atoms with E-state index in [1.807, 2.05) is 6.07 Å². The van der Waals surface area contributed by atoms with Crippen molar-refractivity contribution in [2.75, 3.05) is 0 Å². The molecule has 0 aliphatic heterocycles. The second-order valence-electron chi connectivity index (χ2n) is 5.24. The molecule has 0 aliphatic carbocycles. The van der Waals surface area contributed by atoms with Gasteiger partial charge in [0.25, 0.3) is 0 Å². The van der Waals surface area contributed by atoms with E-state index in [1.54, 1.807) is 17.5 Å². The fourth-order valence-corrected chi connectivity index (χ4v) is 4.29. The van der Waals surface area contributed by atoms with Crippen LogP contribution in [0.2, 0.25) is 10.0 Å². The van der Waals surface area contributed by atoms with Gasteiger partial charge in [-0.25, -0.2) is 22.5 Å². The third kappa shape index (κ3) is 4.34. The number of aromatic nitrogens is 1. The highest BCUT2D eigenvalue weighted by Gasteiger charge is 2.20. The monoisotopic (exact) mass is 437 g/mol. The lowest BCUT2D eigenvalue weighted by molar-refractivity contribution is 0.426. The summed E-state index contributed by atoms with van der Waals surface area (Å²) in [5.74, 6) is -5.58. The van der Waals surface area contributed by atoms with E-state index < -0.39 is 28.2 Å². The highest BCUT2D eigenvalue weighted by atomic mass is 35.5. The van der Waals surface area contributed by atoms with Crippen molar-refractivity contribution < 1.29 is 17.6 Å². The molecule has 1 nitrogen and oxygen atoms in total. The van der Waals surface area contributed by atoms with Gasteiger partial charge in [-0.1, -0.05) is 29.3 Å². The van der Waals surface area contributed by atoms with Crippen molar-refractivity contribution in [1.82, 2.24) is 4.98 Å². The number of nitrogens with zero attached hydrogens (tertiary/aromatic N) is 1. The highest BCUT2D eigenvalue weighted by Crippen LogP contribution is 2.32. The molecular weight excluding hydrogens is 429 g/mol. The van der Waals surface area contributed by atoms with Crippen molar-refractivity contribution in [3.8, 4) is 0 Å². The number of thiazole rings is 1. The Labute approximate surface area is 165 Å². The molecule has 136 valence electrons. The van der Waals surface area contributed by atoms with Crippen LogP contribution in [-0.4, -0.2) is 4.98 Å². The Bertz CT molecular complexity index is 936.